The molecule has 0 spiro atoms. The molecular weight excluding hydrogens is 226 g/mol. The third-order valence-electron chi connectivity index (χ3n) is 4.32. The van der Waals surface area contributed by atoms with Crippen molar-refractivity contribution < 1.29 is 9.53 Å². The quantitative estimate of drug-likeness (QED) is 0.568. The highest BCUT2D eigenvalue weighted by atomic mass is 16.5. The highest BCUT2D eigenvalue weighted by molar-refractivity contribution is 5.88. The predicted octanol–water partition coefficient (Wildman–Crippen LogP) is 2.76. The van der Waals surface area contributed by atoms with Crippen LogP contribution in [-0.4, -0.2) is 36.6 Å². The second-order valence-electron chi connectivity index (χ2n) is 5.55. The first-order valence-electron chi connectivity index (χ1n) is 7.31. The zero-order valence-electron chi connectivity index (χ0n) is 11.5. The summed E-state index contributed by atoms with van der Waals surface area (Å²) in [5, 5.41) is 0. The summed E-state index contributed by atoms with van der Waals surface area (Å²) < 4.78 is 5.02. The van der Waals surface area contributed by atoms with Crippen LogP contribution in [0.2, 0.25) is 0 Å². The summed E-state index contributed by atoms with van der Waals surface area (Å²) in [6.45, 7) is 7.96. The largest absolute Gasteiger partial charge is 0.463 e. The maximum absolute atomic E-state index is 11.6. The Labute approximate surface area is 110 Å². The molecule has 0 radical (unpaired) electrons. The van der Waals surface area contributed by atoms with E-state index in [-0.39, 0.29) is 5.97 Å². The van der Waals surface area contributed by atoms with E-state index in [0.29, 0.717) is 24.8 Å². The molecule has 18 heavy (non-hydrogen) atoms. The van der Waals surface area contributed by atoms with Crippen molar-refractivity contribution >= 4 is 5.97 Å². The normalized spacial score (nSPS) is 28.5. The van der Waals surface area contributed by atoms with E-state index < -0.39 is 0 Å². The zero-order chi connectivity index (χ0) is 13.0. The van der Waals surface area contributed by atoms with Crippen LogP contribution in [0, 0.1) is 5.92 Å². The summed E-state index contributed by atoms with van der Waals surface area (Å²) in [7, 11) is 0. The number of fused-ring (bicyclic) bond motifs is 1. The van der Waals surface area contributed by atoms with Crippen LogP contribution in [-0.2, 0) is 9.53 Å². The van der Waals surface area contributed by atoms with E-state index in [1.54, 1.807) is 0 Å². The van der Waals surface area contributed by atoms with Crippen molar-refractivity contribution in [1.82, 2.24) is 4.90 Å². The van der Waals surface area contributed by atoms with Crippen molar-refractivity contribution in [2.45, 2.75) is 51.5 Å². The Kier molecular flexibility index (Phi) is 4.81. The van der Waals surface area contributed by atoms with Crippen LogP contribution in [0.5, 0.6) is 0 Å². The van der Waals surface area contributed by atoms with Gasteiger partial charge < -0.3 is 4.74 Å². The Morgan fingerprint density at radius 2 is 2.00 bits per heavy atom. The molecular formula is C15H25NO2. The molecule has 0 aromatic heterocycles. The van der Waals surface area contributed by atoms with Gasteiger partial charge in [0.2, 0.25) is 0 Å². The lowest BCUT2D eigenvalue weighted by Crippen LogP contribution is -2.47. The molecule has 102 valence electrons. The van der Waals surface area contributed by atoms with E-state index in [2.05, 4.69) is 11.5 Å². The molecule has 1 aliphatic heterocycles. The molecule has 0 N–H and O–H groups in total. The lowest BCUT2D eigenvalue weighted by atomic mass is 9.78. The van der Waals surface area contributed by atoms with E-state index in [1.807, 2.05) is 6.92 Å². The number of likely N-dealkylation sites (tertiary alicyclic amines) is 1. The summed E-state index contributed by atoms with van der Waals surface area (Å²) in [6, 6.07) is 0.679. The van der Waals surface area contributed by atoms with E-state index in [9.17, 15) is 4.79 Å². The number of carbonyl (C=O) groups excluding carboxylic acids is 1. The Hall–Kier alpha value is -0.830. The number of hydrogen-bond donors (Lipinski definition) is 0. The van der Waals surface area contributed by atoms with Gasteiger partial charge in [0.15, 0.2) is 0 Å². The first-order chi connectivity index (χ1) is 8.72. The lowest BCUT2D eigenvalue weighted by Gasteiger charge is -2.44. The SMILES string of the molecule is C=C(CN1CCCC2CCCCC21)C(=O)OCC. The fraction of sp³-hybridized carbons (Fsp3) is 0.800. The molecule has 1 heterocycles. The standard InChI is InChI=1S/C15H25NO2/c1-3-18-15(17)12(2)11-16-10-6-8-13-7-4-5-9-14(13)16/h13-14H,2-11H2,1H3. The smallest absolute Gasteiger partial charge is 0.334 e. The number of rotatable bonds is 4. The Morgan fingerprint density at radius 1 is 1.28 bits per heavy atom. The summed E-state index contributed by atoms with van der Waals surface area (Å²) in [5.74, 6) is 0.623. The van der Waals surface area contributed by atoms with Crippen molar-refractivity contribution in [3.8, 4) is 0 Å². The van der Waals surface area contributed by atoms with Crippen LogP contribution >= 0.6 is 0 Å². The monoisotopic (exact) mass is 251 g/mol. The minimum absolute atomic E-state index is 0.226. The minimum Gasteiger partial charge on any atom is -0.463 e. The average molecular weight is 251 g/mol. The lowest BCUT2D eigenvalue weighted by molar-refractivity contribution is -0.138. The maximum Gasteiger partial charge on any atom is 0.334 e. The van der Waals surface area contributed by atoms with Gasteiger partial charge in [-0.15, -0.1) is 0 Å². The minimum atomic E-state index is -0.226. The molecule has 0 aromatic rings. The summed E-state index contributed by atoms with van der Waals surface area (Å²) in [5.41, 5.74) is 0.614. The van der Waals surface area contributed by atoms with Gasteiger partial charge in [0.25, 0.3) is 0 Å². The van der Waals surface area contributed by atoms with Gasteiger partial charge in [-0.25, -0.2) is 4.79 Å². The average Bonchev–Trinajstić information content (AvgIpc) is 2.39. The third kappa shape index (κ3) is 3.14. The van der Waals surface area contributed by atoms with Gasteiger partial charge in [0.1, 0.15) is 0 Å². The van der Waals surface area contributed by atoms with Crippen molar-refractivity contribution in [3.05, 3.63) is 12.2 Å². The van der Waals surface area contributed by atoms with Gasteiger partial charge in [-0.3, -0.25) is 4.90 Å². The van der Waals surface area contributed by atoms with Crippen molar-refractivity contribution in [2.75, 3.05) is 19.7 Å². The maximum atomic E-state index is 11.6. The molecule has 0 aromatic carbocycles. The summed E-state index contributed by atoms with van der Waals surface area (Å²) in [4.78, 5) is 14.1. The molecule has 2 atom stereocenters. The molecule has 2 fully saturated rings. The number of piperidine rings is 1. The zero-order valence-corrected chi connectivity index (χ0v) is 11.5. The topological polar surface area (TPSA) is 29.5 Å². The molecule has 1 aliphatic carbocycles. The number of carbonyl (C=O) groups is 1. The third-order valence-corrected chi connectivity index (χ3v) is 4.32. The van der Waals surface area contributed by atoms with Crippen molar-refractivity contribution in [2.24, 2.45) is 5.92 Å². The molecule has 3 heteroatoms. The van der Waals surface area contributed by atoms with Crippen LogP contribution < -0.4 is 0 Å². The first-order valence-corrected chi connectivity index (χ1v) is 7.31. The highest BCUT2D eigenvalue weighted by Gasteiger charge is 2.33. The molecule has 2 aliphatic rings. The Balaban J connectivity index is 1.91. The fourth-order valence-electron chi connectivity index (χ4n) is 3.47. The van der Waals surface area contributed by atoms with Gasteiger partial charge in [0, 0.05) is 18.2 Å². The molecule has 0 amide bonds. The van der Waals surface area contributed by atoms with Crippen LogP contribution in [0.1, 0.15) is 45.4 Å². The molecule has 1 saturated heterocycles. The number of nitrogens with zero attached hydrogens (tertiary/aromatic N) is 1. The summed E-state index contributed by atoms with van der Waals surface area (Å²) >= 11 is 0. The predicted molar refractivity (Wildman–Crippen MR) is 72.3 cm³/mol. The number of hydrogen-bond acceptors (Lipinski definition) is 3. The molecule has 0 bridgehead atoms. The van der Waals surface area contributed by atoms with E-state index >= 15 is 0 Å². The van der Waals surface area contributed by atoms with Gasteiger partial charge in [-0.05, 0) is 45.1 Å². The summed E-state index contributed by atoms with van der Waals surface area (Å²) in [6.07, 6.45) is 8.01. The molecule has 1 saturated carbocycles. The molecule has 2 rings (SSSR count). The Bertz CT molecular complexity index is 312. The van der Waals surface area contributed by atoms with Crippen molar-refractivity contribution in [1.29, 1.82) is 0 Å². The molecule has 2 unspecified atom stereocenters. The van der Waals surface area contributed by atoms with E-state index in [4.69, 9.17) is 4.74 Å². The van der Waals surface area contributed by atoms with Crippen LogP contribution in [0.25, 0.3) is 0 Å². The van der Waals surface area contributed by atoms with Crippen LogP contribution in [0.15, 0.2) is 12.2 Å². The molecule has 3 nitrogen and oxygen atoms in total. The van der Waals surface area contributed by atoms with Gasteiger partial charge in [-0.2, -0.15) is 0 Å². The first kappa shape index (κ1) is 13.6. The second kappa shape index (κ2) is 6.37. The fourth-order valence-corrected chi connectivity index (χ4v) is 3.47. The van der Waals surface area contributed by atoms with E-state index in [1.165, 1.54) is 38.5 Å². The second-order valence-corrected chi connectivity index (χ2v) is 5.55. The van der Waals surface area contributed by atoms with E-state index in [0.717, 1.165) is 12.5 Å². The van der Waals surface area contributed by atoms with Crippen molar-refractivity contribution in [3.63, 3.8) is 0 Å². The number of ether oxygens (including phenoxy) is 1. The van der Waals surface area contributed by atoms with Crippen LogP contribution in [0.4, 0.5) is 0 Å². The van der Waals surface area contributed by atoms with Gasteiger partial charge >= 0.3 is 5.97 Å². The number of esters is 1. The Morgan fingerprint density at radius 3 is 2.78 bits per heavy atom. The van der Waals surface area contributed by atoms with Crippen LogP contribution in [0.3, 0.4) is 0 Å². The van der Waals surface area contributed by atoms with Gasteiger partial charge in [0.05, 0.1) is 6.61 Å². The highest BCUT2D eigenvalue weighted by Crippen LogP contribution is 2.35. The van der Waals surface area contributed by atoms with Gasteiger partial charge in [-0.1, -0.05) is 19.4 Å².